The van der Waals surface area contributed by atoms with Crippen LogP contribution in [0.5, 0.6) is 0 Å². The van der Waals surface area contributed by atoms with Gasteiger partial charge in [0.1, 0.15) is 0 Å². The zero-order chi connectivity index (χ0) is 10.3. The lowest BCUT2D eigenvalue weighted by Crippen LogP contribution is -2.37. The monoisotopic (exact) mass is 188 g/mol. The molecule has 0 heterocycles. The van der Waals surface area contributed by atoms with Crippen LogP contribution < -0.4 is 11.1 Å². The van der Waals surface area contributed by atoms with Crippen molar-refractivity contribution < 1.29 is 9.53 Å². The maximum Gasteiger partial charge on any atom is 0.220 e. The van der Waals surface area contributed by atoms with Crippen molar-refractivity contribution in [3.8, 4) is 0 Å². The van der Waals surface area contributed by atoms with Crippen LogP contribution in [0.15, 0.2) is 0 Å². The number of methoxy groups -OCH3 is 1. The van der Waals surface area contributed by atoms with Gasteiger partial charge in [-0.05, 0) is 20.3 Å². The van der Waals surface area contributed by atoms with Crippen LogP contribution in [0.1, 0.15) is 26.7 Å². The van der Waals surface area contributed by atoms with E-state index in [9.17, 15) is 4.79 Å². The van der Waals surface area contributed by atoms with Crippen molar-refractivity contribution in [1.82, 2.24) is 5.32 Å². The van der Waals surface area contributed by atoms with Gasteiger partial charge in [0.05, 0.1) is 6.10 Å². The largest absolute Gasteiger partial charge is 0.382 e. The first-order valence-electron chi connectivity index (χ1n) is 4.62. The van der Waals surface area contributed by atoms with Crippen molar-refractivity contribution in [3.05, 3.63) is 0 Å². The summed E-state index contributed by atoms with van der Waals surface area (Å²) in [5.41, 5.74) is 5.36. The highest BCUT2D eigenvalue weighted by molar-refractivity contribution is 5.76. The molecule has 0 saturated heterocycles. The van der Waals surface area contributed by atoms with Crippen LogP contribution in [0.3, 0.4) is 0 Å². The van der Waals surface area contributed by atoms with Gasteiger partial charge in [-0.1, -0.05) is 0 Å². The summed E-state index contributed by atoms with van der Waals surface area (Å²) in [6.07, 6.45) is 1.39. The predicted octanol–water partition coefficient (Wildman–Crippen LogP) is 0.265. The van der Waals surface area contributed by atoms with E-state index in [1.807, 2.05) is 13.8 Å². The number of nitrogens with two attached hydrogens (primary N) is 1. The molecule has 0 aliphatic rings. The fraction of sp³-hybridized carbons (Fsp3) is 0.889. The average molecular weight is 188 g/mol. The van der Waals surface area contributed by atoms with Crippen molar-refractivity contribution in [3.63, 3.8) is 0 Å². The Morgan fingerprint density at radius 1 is 1.54 bits per heavy atom. The maximum atomic E-state index is 11.2. The highest BCUT2D eigenvalue weighted by atomic mass is 16.5. The maximum absolute atomic E-state index is 11.2. The smallest absolute Gasteiger partial charge is 0.220 e. The third-order valence-corrected chi connectivity index (χ3v) is 1.94. The minimum atomic E-state index is 0.0434. The van der Waals surface area contributed by atoms with Crippen molar-refractivity contribution in [1.29, 1.82) is 0 Å². The molecule has 0 bridgehead atoms. The molecule has 0 rings (SSSR count). The second-order valence-electron chi connectivity index (χ2n) is 3.29. The first-order chi connectivity index (χ1) is 6.10. The van der Waals surface area contributed by atoms with Gasteiger partial charge in [0.25, 0.3) is 0 Å². The molecule has 4 heteroatoms. The minimum absolute atomic E-state index is 0.0434. The number of hydrogen-bond acceptors (Lipinski definition) is 3. The van der Waals surface area contributed by atoms with Crippen LogP contribution in [-0.2, 0) is 9.53 Å². The van der Waals surface area contributed by atoms with Gasteiger partial charge in [-0.3, -0.25) is 4.79 Å². The molecule has 0 radical (unpaired) electrons. The summed E-state index contributed by atoms with van der Waals surface area (Å²) in [5, 5.41) is 2.79. The molecule has 0 aromatic carbocycles. The first kappa shape index (κ1) is 12.4. The number of amides is 1. The Hall–Kier alpha value is -0.610. The van der Waals surface area contributed by atoms with Gasteiger partial charge >= 0.3 is 0 Å². The summed E-state index contributed by atoms with van der Waals surface area (Å²) in [6, 6.07) is 0.0605. The molecule has 0 saturated carbocycles. The third kappa shape index (κ3) is 6.54. The van der Waals surface area contributed by atoms with Gasteiger partial charge in [-0.15, -0.1) is 0 Å². The van der Waals surface area contributed by atoms with E-state index in [-0.39, 0.29) is 18.1 Å². The quantitative estimate of drug-likeness (QED) is 0.628. The van der Waals surface area contributed by atoms with E-state index >= 15 is 0 Å². The Balaban J connectivity index is 3.51. The minimum Gasteiger partial charge on any atom is -0.382 e. The Morgan fingerprint density at radius 2 is 2.15 bits per heavy atom. The number of nitrogens with one attached hydrogen (secondary N) is 1. The molecule has 3 N–H and O–H groups in total. The summed E-state index contributed by atoms with van der Waals surface area (Å²) in [4.78, 5) is 11.2. The number of rotatable bonds is 6. The number of ether oxygens (including phenoxy) is 1. The normalized spacial score (nSPS) is 15.1. The Labute approximate surface area is 79.8 Å². The average Bonchev–Trinajstić information content (AvgIpc) is 2.13. The summed E-state index contributed by atoms with van der Waals surface area (Å²) >= 11 is 0. The standard InChI is InChI=1S/C9H20N2O2/c1-7(6-10)11-9(12)5-4-8(2)13-3/h7-8H,4-6,10H2,1-3H3,(H,11,12). The van der Waals surface area contributed by atoms with Crippen molar-refractivity contribution in [2.45, 2.75) is 38.8 Å². The molecule has 78 valence electrons. The van der Waals surface area contributed by atoms with Crippen molar-refractivity contribution in [2.75, 3.05) is 13.7 Å². The topological polar surface area (TPSA) is 64.3 Å². The Morgan fingerprint density at radius 3 is 2.62 bits per heavy atom. The van der Waals surface area contributed by atoms with Crippen molar-refractivity contribution in [2.24, 2.45) is 5.73 Å². The molecular weight excluding hydrogens is 168 g/mol. The SMILES string of the molecule is COC(C)CCC(=O)NC(C)CN. The van der Waals surface area contributed by atoms with E-state index in [2.05, 4.69) is 5.32 Å². The lowest BCUT2D eigenvalue weighted by molar-refractivity contribution is -0.122. The molecule has 4 nitrogen and oxygen atoms in total. The van der Waals surface area contributed by atoms with Gasteiger partial charge in [0, 0.05) is 26.1 Å². The second kappa shape index (κ2) is 6.86. The lowest BCUT2D eigenvalue weighted by atomic mass is 10.2. The van der Waals surface area contributed by atoms with E-state index < -0.39 is 0 Å². The fourth-order valence-electron chi connectivity index (χ4n) is 0.858. The highest BCUT2D eigenvalue weighted by Gasteiger charge is 2.07. The van der Waals surface area contributed by atoms with E-state index in [0.29, 0.717) is 13.0 Å². The molecule has 0 spiro atoms. The zero-order valence-corrected chi connectivity index (χ0v) is 8.67. The first-order valence-corrected chi connectivity index (χ1v) is 4.62. The molecule has 13 heavy (non-hydrogen) atoms. The summed E-state index contributed by atoms with van der Waals surface area (Å²) in [6.45, 7) is 4.31. The van der Waals surface area contributed by atoms with Gasteiger partial charge in [0.2, 0.25) is 5.91 Å². The number of hydrogen-bond donors (Lipinski definition) is 2. The van der Waals surface area contributed by atoms with Gasteiger partial charge in [-0.25, -0.2) is 0 Å². The molecule has 0 aromatic rings. The van der Waals surface area contributed by atoms with E-state index in [0.717, 1.165) is 6.42 Å². The molecule has 1 amide bonds. The van der Waals surface area contributed by atoms with Gasteiger partial charge in [-0.2, -0.15) is 0 Å². The van der Waals surface area contributed by atoms with Crippen LogP contribution in [0, 0.1) is 0 Å². The molecule has 2 atom stereocenters. The zero-order valence-electron chi connectivity index (χ0n) is 8.67. The van der Waals surface area contributed by atoms with Gasteiger partial charge < -0.3 is 15.8 Å². The van der Waals surface area contributed by atoms with Crippen LogP contribution in [-0.4, -0.2) is 31.7 Å². The molecule has 0 aromatic heterocycles. The lowest BCUT2D eigenvalue weighted by Gasteiger charge is -2.12. The molecule has 0 fully saturated rings. The van der Waals surface area contributed by atoms with E-state index in [1.165, 1.54) is 0 Å². The molecular formula is C9H20N2O2. The summed E-state index contributed by atoms with van der Waals surface area (Å²) in [5.74, 6) is 0.0434. The third-order valence-electron chi connectivity index (χ3n) is 1.94. The van der Waals surface area contributed by atoms with Crippen molar-refractivity contribution >= 4 is 5.91 Å². The number of carbonyl (C=O) groups excluding carboxylic acids is 1. The Kier molecular flexibility index (Phi) is 6.54. The molecule has 0 aliphatic heterocycles. The Bertz CT molecular complexity index is 151. The molecule has 0 aliphatic carbocycles. The van der Waals surface area contributed by atoms with Crippen LogP contribution in [0.4, 0.5) is 0 Å². The highest BCUT2D eigenvalue weighted by Crippen LogP contribution is 1.99. The van der Waals surface area contributed by atoms with Crippen LogP contribution in [0.2, 0.25) is 0 Å². The summed E-state index contributed by atoms with van der Waals surface area (Å²) < 4.78 is 5.03. The number of carbonyl (C=O) groups is 1. The second-order valence-corrected chi connectivity index (χ2v) is 3.29. The fourth-order valence-corrected chi connectivity index (χ4v) is 0.858. The predicted molar refractivity (Wildman–Crippen MR) is 52.4 cm³/mol. The van der Waals surface area contributed by atoms with Crippen LogP contribution in [0.25, 0.3) is 0 Å². The van der Waals surface area contributed by atoms with E-state index in [1.54, 1.807) is 7.11 Å². The summed E-state index contributed by atoms with van der Waals surface area (Å²) in [7, 11) is 1.64. The molecule has 2 unspecified atom stereocenters. The van der Waals surface area contributed by atoms with Crippen LogP contribution >= 0.6 is 0 Å². The van der Waals surface area contributed by atoms with E-state index in [4.69, 9.17) is 10.5 Å². The van der Waals surface area contributed by atoms with Gasteiger partial charge in [0.15, 0.2) is 0 Å².